The van der Waals surface area contributed by atoms with Crippen LogP contribution in [0.4, 0.5) is 4.39 Å². The molecule has 1 aliphatic rings. The molecule has 1 aromatic rings. The van der Waals surface area contributed by atoms with Crippen LogP contribution in [-0.4, -0.2) is 19.0 Å². The summed E-state index contributed by atoms with van der Waals surface area (Å²) in [5, 5.41) is 6.20. The van der Waals surface area contributed by atoms with Gasteiger partial charge >= 0.3 is 0 Å². The van der Waals surface area contributed by atoms with Gasteiger partial charge in [-0.1, -0.05) is 23.2 Å². The molecule has 0 spiro atoms. The summed E-state index contributed by atoms with van der Waals surface area (Å²) in [6.07, 6.45) is 2.48. The molecular weight excluding hydrogens is 338 g/mol. The molecule has 1 aromatic carbocycles. The quantitative estimate of drug-likeness (QED) is 0.763. The first-order valence-corrected chi connectivity index (χ1v) is 7.37. The number of hydrogen-bond donors (Lipinski definition) is 2. The molecule has 1 amide bonds. The van der Waals surface area contributed by atoms with Crippen LogP contribution in [-0.2, 0) is 4.79 Å². The minimum atomic E-state index is -0.543. The molecule has 7 heteroatoms. The molecule has 1 unspecified atom stereocenters. The maximum atomic E-state index is 13.4. The highest BCUT2D eigenvalue weighted by molar-refractivity contribution is 6.35. The molecule has 3 nitrogen and oxygen atoms in total. The zero-order valence-electron chi connectivity index (χ0n) is 11.6. The lowest BCUT2D eigenvalue weighted by atomic mass is 10.1. The van der Waals surface area contributed by atoms with E-state index in [4.69, 9.17) is 23.2 Å². The molecule has 0 bridgehead atoms. The van der Waals surface area contributed by atoms with Crippen molar-refractivity contribution in [3.63, 3.8) is 0 Å². The molecule has 21 heavy (non-hydrogen) atoms. The van der Waals surface area contributed by atoms with E-state index in [1.165, 1.54) is 25.0 Å². The van der Waals surface area contributed by atoms with Gasteiger partial charge in [0.1, 0.15) is 5.82 Å². The first kappa shape index (κ1) is 18.5. The zero-order chi connectivity index (χ0) is 14.7. The summed E-state index contributed by atoms with van der Waals surface area (Å²) in [6, 6.07) is 2.24. The Morgan fingerprint density at radius 1 is 1.38 bits per heavy atom. The Labute approximate surface area is 140 Å². The summed E-state index contributed by atoms with van der Waals surface area (Å²) in [4.78, 5) is 11.8. The number of carbonyl (C=O) groups excluding carboxylic acids is 1. The van der Waals surface area contributed by atoms with E-state index in [2.05, 4.69) is 10.6 Å². The first-order chi connectivity index (χ1) is 9.47. The highest BCUT2D eigenvalue weighted by atomic mass is 35.5. The van der Waals surface area contributed by atoms with Crippen LogP contribution in [0.2, 0.25) is 10.0 Å². The van der Waals surface area contributed by atoms with Crippen molar-refractivity contribution in [3.8, 4) is 0 Å². The maximum absolute atomic E-state index is 13.4. The van der Waals surface area contributed by atoms with Gasteiger partial charge in [0, 0.05) is 5.02 Å². The second-order valence-corrected chi connectivity index (χ2v) is 5.97. The number of benzene rings is 1. The predicted octanol–water partition coefficient (Wildman–Crippen LogP) is 3.73. The predicted molar refractivity (Wildman–Crippen MR) is 85.8 cm³/mol. The summed E-state index contributed by atoms with van der Waals surface area (Å²) in [5.74, 6) is 0.0450. The second-order valence-electron chi connectivity index (χ2n) is 5.15. The zero-order valence-corrected chi connectivity index (χ0v) is 13.9. The number of carbonyl (C=O) groups is 1. The smallest absolute Gasteiger partial charge is 0.234 e. The number of amides is 1. The molecule has 2 N–H and O–H groups in total. The minimum Gasteiger partial charge on any atom is -0.348 e. The monoisotopic (exact) mass is 354 g/mol. The molecule has 118 valence electrons. The van der Waals surface area contributed by atoms with E-state index in [1.54, 1.807) is 6.92 Å². The molecule has 0 heterocycles. The van der Waals surface area contributed by atoms with Crippen LogP contribution in [0, 0.1) is 11.7 Å². The van der Waals surface area contributed by atoms with Crippen molar-refractivity contribution >= 4 is 41.5 Å². The Balaban J connectivity index is 0.00000220. The molecule has 0 saturated heterocycles. The van der Waals surface area contributed by atoms with Gasteiger partial charge in [0.15, 0.2) is 0 Å². The van der Waals surface area contributed by atoms with Gasteiger partial charge in [-0.2, -0.15) is 0 Å². The van der Waals surface area contributed by atoms with Crippen molar-refractivity contribution in [3.05, 3.63) is 33.6 Å². The SMILES string of the molecule is CC(NC(=O)CNCC1CC1)c1cc(F)c(Cl)cc1Cl.Cl. The van der Waals surface area contributed by atoms with Crippen LogP contribution in [0.5, 0.6) is 0 Å². The lowest BCUT2D eigenvalue weighted by Gasteiger charge is -2.16. The minimum absolute atomic E-state index is 0. The maximum Gasteiger partial charge on any atom is 0.234 e. The van der Waals surface area contributed by atoms with Crippen LogP contribution < -0.4 is 10.6 Å². The summed E-state index contributed by atoms with van der Waals surface area (Å²) in [7, 11) is 0. The standard InChI is InChI=1S/C14H17Cl2FN2O.ClH/c1-8(10-4-13(17)12(16)5-11(10)15)19-14(20)7-18-6-9-2-3-9;/h4-5,8-9,18H,2-3,6-7H2,1H3,(H,19,20);1H. The molecule has 1 fully saturated rings. The Bertz CT molecular complexity index is 509. The van der Waals surface area contributed by atoms with Crippen LogP contribution >= 0.6 is 35.6 Å². The third-order valence-electron chi connectivity index (χ3n) is 3.30. The van der Waals surface area contributed by atoms with Crippen molar-refractivity contribution in [1.29, 1.82) is 0 Å². The van der Waals surface area contributed by atoms with Crippen molar-refractivity contribution in [2.24, 2.45) is 5.92 Å². The summed E-state index contributed by atoms with van der Waals surface area (Å²) >= 11 is 11.7. The summed E-state index contributed by atoms with van der Waals surface area (Å²) in [6.45, 7) is 2.89. The third-order valence-corrected chi connectivity index (χ3v) is 3.92. The van der Waals surface area contributed by atoms with E-state index >= 15 is 0 Å². The average Bonchev–Trinajstić information content (AvgIpc) is 3.17. The fourth-order valence-corrected chi connectivity index (χ4v) is 2.50. The topological polar surface area (TPSA) is 41.1 Å². The van der Waals surface area contributed by atoms with Crippen LogP contribution in [0.3, 0.4) is 0 Å². The Morgan fingerprint density at radius 3 is 2.67 bits per heavy atom. The van der Waals surface area contributed by atoms with Crippen molar-refractivity contribution in [2.75, 3.05) is 13.1 Å². The van der Waals surface area contributed by atoms with Crippen LogP contribution in [0.15, 0.2) is 12.1 Å². The molecule has 0 aliphatic heterocycles. The molecule has 1 atom stereocenters. The van der Waals surface area contributed by atoms with E-state index in [-0.39, 0.29) is 35.9 Å². The fourth-order valence-electron chi connectivity index (χ4n) is 1.95. The van der Waals surface area contributed by atoms with Crippen LogP contribution in [0.25, 0.3) is 0 Å². The third kappa shape index (κ3) is 5.62. The highest BCUT2D eigenvalue weighted by Gasteiger charge is 2.21. The van der Waals surface area contributed by atoms with Gasteiger partial charge in [-0.05, 0) is 49.9 Å². The molecule has 1 aliphatic carbocycles. The number of nitrogens with one attached hydrogen (secondary N) is 2. The first-order valence-electron chi connectivity index (χ1n) is 6.62. The van der Waals surface area contributed by atoms with Gasteiger partial charge in [0.25, 0.3) is 0 Å². The normalized spacial score (nSPS) is 15.2. The van der Waals surface area contributed by atoms with Crippen molar-refractivity contribution in [2.45, 2.75) is 25.8 Å². The van der Waals surface area contributed by atoms with E-state index < -0.39 is 5.82 Å². The average molecular weight is 356 g/mol. The Kier molecular flexibility index (Phi) is 7.21. The van der Waals surface area contributed by atoms with Crippen LogP contribution in [0.1, 0.15) is 31.4 Å². The molecule has 1 saturated carbocycles. The van der Waals surface area contributed by atoms with E-state index in [1.807, 2.05) is 0 Å². The number of rotatable bonds is 6. The van der Waals surface area contributed by atoms with Crippen molar-refractivity contribution in [1.82, 2.24) is 10.6 Å². The second kappa shape index (κ2) is 8.18. The van der Waals surface area contributed by atoms with Gasteiger partial charge < -0.3 is 10.6 Å². The molecular formula is C14H18Cl3FN2O. The summed E-state index contributed by atoms with van der Waals surface area (Å²) < 4.78 is 13.4. The van der Waals surface area contributed by atoms with Gasteiger partial charge in [-0.25, -0.2) is 4.39 Å². The van der Waals surface area contributed by atoms with E-state index in [9.17, 15) is 9.18 Å². The van der Waals surface area contributed by atoms with Gasteiger partial charge in [-0.3, -0.25) is 4.79 Å². The number of hydrogen-bond acceptors (Lipinski definition) is 2. The van der Waals surface area contributed by atoms with E-state index in [0.29, 0.717) is 10.6 Å². The van der Waals surface area contributed by atoms with Gasteiger partial charge in [0.05, 0.1) is 17.6 Å². The molecule has 0 radical (unpaired) electrons. The van der Waals surface area contributed by atoms with Gasteiger partial charge in [0.2, 0.25) is 5.91 Å². The number of halogens is 4. The van der Waals surface area contributed by atoms with E-state index in [0.717, 1.165) is 12.5 Å². The lowest BCUT2D eigenvalue weighted by molar-refractivity contribution is -0.120. The Hall–Kier alpha value is -0.550. The highest BCUT2D eigenvalue weighted by Crippen LogP contribution is 2.29. The fraction of sp³-hybridized carbons (Fsp3) is 0.500. The van der Waals surface area contributed by atoms with Crippen molar-refractivity contribution < 1.29 is 9.18 Å². The molecule has 2 rings (SSSR count). The largest absolute Gasteiger partial charge is 0.348 e. The molecule has 0 aromatic heterocycles. The summed E-state index contributed by atoms with van der Waals surface area (Å²) in [5.41, 5.74) is 0.518. The lowest BCUT2D eigenvalue weighted by Crippen LogP contribution is -2.36. The van der Waals surface area contributed by atoms with Gasteiger partial charge in [-0.15, -0.1) is 12.4 Å². The Morgan fingerprint density at radius 2 is 2.05 bits per heavy atom.